The van der Waals surface area contributed by atoms with Crippen molar-refractivity contribution >= 4 is 11.8 Å². The fourth-order valence-corrected chi connectivity index (χ4v) is 2.54. The number of alkyl halides is 3. The molecule has 0 saturated carbocycles. The summed E-state index contributed by atoms with van der Waals surface area (Å²) in [6.45, 7) is 1.88. The Morgan fingerprint density at radius 3 is 2.76 bits per heavy atom. The zero-order chi connectivity index (χ0) is 15.6. The fraction of sp³-hybridized carbons (Fsp3) is 0.500. The van der Waals surface area contributed by atoms with E-state index in [1.54, 1.807) is 6.07 Å². The third-order valence-electron chi connectivity index (χ3n) is 3.62. The highest BCUT2D eigenvalue weighted by molar-refractivity contribution is 5.70. The summed E-state index contributed by atoms with van der Waals surface area (Å²) in [6.07, 6.45) is -3.92. The number of hydrogen-bond donors (Lipinski definition) is 2. The molecule has 0 saturated heterocycles. The Morgan fingerprint density at radius 1 is 1.48 bits per heavy atom. The first-order valence-electron chi connectivity index (χ1n) is 6.68. The molecule has 1 aliphatic heterocycles. The highest BCUT2D eigenvalue weighted by atomic mass is 19.4. The van der Waals surface area contributed by atoms with Crippen molar-refractivity contribution in [2.75, 3.05) is 12.4 Å². The Labute approximate surface area is 120 Å². The molecule has 0 aromatic heterocycles. The smallest absolute Gasteiger partial charge is 0.418 e. The van der Waals surface area contributed by atoms with Gasteiger partial charge in [0.25, 0.3) is 0 Å². The lowest BCUT2D eigenvalue weighted by Gasteiger charge is -2.34. The van der Waals surface area contributed by atoms with Gasteiger partial charge in [0.15, 0.2) is 0 Å². The van der Waals surface area contributed by atoms with Crippen molar-refractivity contribution in [2.45, 2.75) is 38.0 Å². The van der Waals surface area contributed by atoms with Crippen LogP contribution < -0.4 is 10.6 Å². The molecule has 0 radical (unpaired) electrons. The minimum Gasteiger partial charge on any atom is -0.453 e. The summed E-state index contributed by atoms with van der Waals surface area (Å²) >= 11 is 0. The molecule has 0 unspecified atom stereocenters. The van der Waals surface area contributed by atoms with Gasteiger partial charge < -0.3 is 15.4 Å². The number of hydrogen-bond acceptors (Lipinski definition) is 3. The number of para-hydroxylation sites is 1. The second-order valence-electron chi connectivity index (χ2n) is 4.94. The third kappa shape index (κ3) is 3.22. The molecule has 1 aromatic rings. The van der Waals surface area contributed by atoms with Crippen LogP contribution in [-0.4, -0.2) is 19.2 Å². The number of carbonyl (C=O) groups excluding carboxylic acids is 1. The standard InChI is InChI=1S/C14H17F3N2O2/c1-3-8-7-11(19-13(20)21-2)9-5-4-6-10(12(9)18-8)14(15,16)17/h4-6,8,11,18H,3,7H2,1-2H3,(H,19,20)/t8-,11+/m1/s1. The maximum absolute atomic E-state index is 13.1. The van der Waals surface area contributed by atoms with Gasteiger partial charge in [-0.3, -0.25) is 0 Å². The molecule has 1 amide bonds. The van der Waals surface area contributed by atoms with Crippen LogP contribution in [0.2, 0.25) is 0 Å². The van der Waals surface area contributed by atoms with Crippen LogP contribution in [0.1, 0.15) is 36.9 Å². The topological polar surface area (TPSA) is 50.4 Å². The second-order valence-corrected chi connectivity index (χ2v) is 4.94. The van der Waals surface area contributed by atoms with Crippen molar-refractivity contribution in [2.24, 2.45) is 0 Å². The van der Waals surface area contributed by atoms with Crippen molar-refractivity contribution in [3.8, 4) is 0 Å². The van der Waals surface area contributed by atoms with Gasteiger partial charge in [-0.05, 0) is 24.5 Å². The lowest BCUT2D eigenvalue weighted by molar-refractivity contribution is -0.137. The SMILES string of the molecule is CC[C@@H]1C[C@H](NC(=O)OC)c2cccc(C(F)(F)F)c2N1. The number of fused-ring (bicyclic) bond motifs is 1. The predicted octanol–water partition coefficient (Wildman–Crippen LogP) is 3.70. The number of amides is 1. The first-order valence-corrected chi connectivity index (χ1v) is 6.68. The molecule has 2 N–H and O–H groups in total. The number of benzene rings is 1. The maximum Gasteiger partial charge on any atom is 0.418 e. The summed E-state index contributed by atoms with van der Waals surface area (Å²) in [5, 5.41) is 5.53. The van der Waals surface area contributed by atoms with Gasteiger partial charge in [-0.15, -0.1) is 0 Å². The molecule has 0 aliphatic carbocycles. The van der Waals surface area contributed by atoms with E-state index in [1.807, 2.05) is 6.92 Å². The molecule has 116 valence electrons. The Kier molecular flexibility index (Phi) is 4.29. The third-order valence-corrected chi connectivity index (χ3v) is 3.62. The molecule has 0 spiro atoms. The summed E-state index contributed by atoms with van der Waals surface area (Å²) < 4.78 is 43.9. The number of alkyl carbamates (subject to hydrolysis) is 1. The molecular weight excluding hydrogens is 285 g/mol. The van der Waals surface area contributed by atoms with Crippen LogP contribution in [0.4, 0.5) is 23.7 Å². The molecule has 0 bridgehead atoms. The normalized spacial score (nSPS) is 21.2. The first kappa shape index (κ1) is 15.5. The van der Waals surface area contributed by atoms with E-state index in [0.29, 0.717) is 18.4 Å². The average Bonchev–Trinajstić information content (AvgIpc) is 2.45. The van der Waals surface area contributed by atoms with Crippen LogP contribution in [-0.2, 0) is 10.9 Å². The van der Waals surface area contributed by atoms with Gasteiger partial charge in [-0.1, -0.05) is 19.1 Å². The summed E-state index contributed by atoms with van der Waals surface area (Å²) in [4.78, 5) is 11.4. The van der Waals surface area contributed by atoms with E-state index in [1.165, 1.54) is 13.2 Å². The molecule has 2 atom stereocenters. The number of methoxy groups -OCH3 is 1. The van der Waals surface area contributed by atoms with E-state index in [0.717, 1.165) is 6.07 Å². The summed E-state index contributed by atoms with van der Waals surface area (Å²) in [7, 11) is 1.22. The average molecular weight is 302 g/mol. The quantitative estimate of drug-likeness (QED) is 0.876. The van der Waals surface area contributed by atoms with Gasteiger partial charge in [-0.25, -0.2) is 4.79 Å². The molecule has 1 aliphatic rings. The number of ether oxygens (including phenoxy) is 1. The van der Waals surface area contributed by atoms with Crippen molar-refractivity contribution in [3.05, 3.63) is 29.3 Å². The first-order chi connectivity index (χ1) is 9.86. The zero-order valence-corrected chi connectivity index (χ0v) is 11.8. The van der Waals surface area contributed by atoms with E-state index in [9.17, 15) is 18.0 Å². The molecule has 4 nitrogen and oxygen atoms in total. The van der Waals surface area contributed by atoms with Crippen LogP contribution in [0, 0.1) is 0 Å². The van der Waals surface area contributed by atoms with Gasteiger partial charge in [0, 0.05) is 6.04 Å². The Morgan fingerprint density at radius 2 is 2.19 bits per heavy atom. The van der Waals surface area contributed by atoms with Crippen LogP contribution in [0.25, 0.3) is 0 Å². The van der Waals surface area contributed by atoms with E-state index in [4.69, 9.17) is 0 Å². The number of halogens is 3. The number of carbonyl (C=O) groups is 1. The van der Waals surface area contributed by atoms with Crippen molar-refractivity contribution in [3.63, 3.8) is 0 Å². The number of nitrogens with one attached hydrogen (secondary N) is 2. The molecule has 0 fully saturated rings. The van der Waals surface area contributed by atoms with Crippen LogP contribution in [0.15, 0.2) is 18.2 Å². The van der Waals surface area contributed by atoms with Crippen molar-refractivity contribution < 1.29 is 22.7 Å². The monoisotopic (exact) mass is 302 g/mol. The van der Waals surface area contributed by atoms with Gasteiger partial charge in [-0.2, -0.15) is 13.2 Å². The van der Waals surface area contributed by atoms with Gasteiger partial charge in [0.1, 0.15) is 0 Å². The van der Waals surface area contributed by atoms with Crippen LogP contribution in [0.3, 0.4) is 0 Å². The number of rotatable bonds is 2. The Balaban J connectivity index is 2.44. The van der Waals surface area contributed by atoms with Crippen molar-refractivity contribution in [1.82, 2.24) is 5.32 Å². The molecule has 7 heteroatoms. The Hall–Kier alpha value is -1.92. The molecule has 1 heterocycles. The maximum atomic E-state index is 13.1. The number of anilines is 1. The fourth-order valence-electron chi connectivity index (χ4n) is 2.54. The summed E-state index contributed by atoms with van der Waals surface area (Å²) in [5.41, 5.74) is -0.237. The Bertz CT molecular complexity index is 531. The molecule has 2 rings (SSSR count). The van der Waals surface area contributed by atoms with Gasteiger partial charge >= 0.3 is 12.3 Å². The van der Waals surface area contributed by atoms with E-state index in [2.05, 4.69) is 15.4 Å². The van der Waals surface area contributed by atoms with Crippen molar-refractivity contribution in [1.29, 1.82) is 0 Å². The molecule has 1 aromatic carbocycles. The minimum atomic E-state index is -4.44. The van der Waals surface area contributed by atoms with E-state index >= 15 is 0 Å². The van der Waals surface area contributed by atoms with Gasteiger partial charge in [0.05, 0.1) is 24.4 Å². The molecule has 21 heavy (non-hydrogen) atoms. The van der Waals surface area contributed by atoms with Gasteiger partial charge in [0.2, 0.25) is 0 Å². The summed E-state index contributed by atoms with van der Waals surface area (Å²) in [5.74, 6) is 0. The minimum absolute atomic E-state index is 0.0458. The van der Waals surface area contributed by atoms with E-state index < -0.39 is 23.9 Å². The lowest BCUT2D eigenvalue weighted by atomic mass is 9.89. The highest BCUT2D eigenvalue weighted by Crippen LogP contribution is 2.42. The highest BCUT2D eigenvalue weighted by Gasteiger charge is 2.38. The largest absolute Gasteiger partial charge is 0.453 e. The zero-order valence-electron chi connectivity index (χ0n) is 11.8. The van der Waals surface area contributed by atoms with Crippen LogP contribution in [0.5, 0.6) is 0 Å². The molecular formula is C14H17F3N2O2. The second kappa shape index (κ2) is 5.83. The van der Waals surface area contributed by atoms with E-state index in [-0.39, 0.29) is 11.7 Å². The predicted molar refractivity (Wildman–Crippen MR) is 72.0 cm³/mol. The lowest BCUT2D eigenvalue weighted by Crippen LogP contribution is -2.38. The van der Waals surface area contributed by atoms with Crippen LogP contribution >= 0.6 is 0 Å². The summed E-state index contributed by atoms with van der Waals surface area (Å²) in [6, 6.07) is 3.34.